The van der Waals surface area contributed by atoms with E-state index in [1.54, 1.807) is 21.9 Å². The highest BCUT2D eigenvalue weighted by atomic mass is 16.6. The highest BCUT2D eigenvalue weighted by molar-refractivity contribution is 5.88. The Morgan fingerprint density at radius 2 is 1.55 bits per heavy atom. The molecule has 0 N–H and O–H groups in total. The van der Waals surface area contributed by atoms with Crippen LogP contribution in [0.25, 0.3) is 21.8 Å². The van der Waals surface area contributed by atoms with Crippen molar-refractivity contribution in [3.05, 3.63) is 71.6 Å². The molecule has 2 amide bonds. The smallest absolute Gasteiger partial charge is 0.416 e. The van der Waals surface area contributed by atoms with Crippen molar-refractivity contribution >= 4 is 23.7 Å². The van der Waals surface area contributed by atoms with E-state index in [1.165, 1.54) is 0 Å². The predicted molar refractivity (Wildman–Crippen MR) is 162 cm³/mol. The summed E-state index contributed by atoms with van der Waals surface area (Å²) in [6.07, 6.45) is -0.747. The molecule has 2 heterocycles. The highest BCUT2D eigenvalue weighted by Crippen LogP contribution is 2.52. The second kappa shape index (κ2) is 10.8. The third-order valence-corrected chi connectivity index (χ3v) is 7.57. The zero-order valence-corrected chi connectivity index (χ0v) is 25.4. The highest BCUT2D eigenvalue weighted by Gasteiger charge is 2.58. The van der Waals surface area contributed by atoms with Crippen LogP contribution in [0.4, 0.5) is 21.1 Å². The summed E-state index contributed by atoms with van der Waals surface area (Å²) in [5.41, 5.74) is 3.02. The van der Waals surface area contributed by atoms with Crippen LogP contribution in [0, 0.1) is 31.2 Å². The first-order valence-corrected chi connectivity index (χ1v) is 14.4. The lowest BCUT2D eigenvalue weighted by molar-refractivity contribution is 0.0264. The molecule has 0 radical (unpaired) electrons. The molecule has 1 aromatic heterocycles. The average molecular weight is 570 g/mol. The number of fused-ring (bicyclic) bond motifs is 1. The summed E-state index contributed by atoms with van der Waals surface area (Å²) in [5.74, 6) is 1.30. The van der Waals surface area contributed by atoms with Gasteiger partial charge in [0.05, 0.1) is 18.0 Å². The van der Waals surface area contributed by atoms with E-state index in [1.807, 2.05) is 95.6 Å². The van der Waals surface area contributed by atoms with Gasteiger partial charge in [-0.3, -0.25) is 4.90 Å². The standard InChI is InChI=1S/C33H39N5O4/c1-21-9-11-22(12-10-21)28-17-29(35-38(28)24-15-13-23(34-8)14-16-24)37(31(40)42-33(5,6)7)20-27-25-18-36(19-26(25)27)30(39)41-32(2,3)4/h9-17,25-27H,18-20H2,1-7H3/t25-,26+,27?. The van der Waals surface area contributed by atoms with Crippen molar-refractivity contribution in [3.63, 3.8) is 0 Å². The van der Waals surface area contributed by atoms with Gasteiger partial charge in [-0.15, -0.1) is 5.10 Å². The Labute approximate surface area is 247 Å². The van der Waals surface area contributed by atoms with Crippen LogP contribution >= 0.6 is 0 Å². The zero-order chi connectivity index (χ0) is 30.4. The lowest BCUT2D eigenvalue weighted by Gasteiger charge is -2.28. The van der Waals surface area contributed by atoms with Crippen molar-refractivity contribution < 1.29 is 19.1 Å². The number of hydrogen-bond donors (Lipinski definition) is 0. The molecule has 1 saturated carbocycles. The molecule has 2 aromatic carbocycles. The van der Waals surface area contributed by atoms with Crippen LogP contribution < -0.4 is 4.90 Å². The van der Waals surface area contributed by atoms with E-state index in [0.717, 1.165) is 22.5 Å². The van der Waals surface area contributed by atoms with E-state index in [0.29, 0.717) is 43.0 Å². The Hall–Kier alpha value is -4.32. The van der Waals surface area contributed by atoms with Gasteiger partial charge in [-0.25, -0.2) is 19.1 Å². The SMILES string of the molecule is [C-]#[N+]c1ccc(-n2nc(N(CC3[C@H]4CN(C(=O)OC(C)(C)C)C[C@@H]34)C(=O)OC(C)(C)C)cc2-c2ccc(C)cc2)cc1. The fraction of sp³-hybridized carbons (Fsp3) is 0.455. The summed E-state index contributed by atoms with van der Waals surface area (Å²) in [6, 6.07) is 17.3. The van der Waals surface area contributed by atoms with Crippen molar-refractivity contribution in [2.75, 3.05) is 24.5 Å². The molecule has 9 nitrogen and oxygen atoms in total. The molecule has 220 valence electrons. The van der Waals surface area contributed by atoms with Gasteiger partial charge in [0.15, 0.2) is 11.5 Å². The van der Waals surface area contributed by atoms with Crippen LogP contribution in [0.5, 0.6) is 0 Å². The lowest BCUT2D eigenvalue weighted by atomic mass is 10.1. The van der Waals surface area contributed by atoms with Gasteiger partial charge in [0.2, 0.25) is 0 Å². The number of aromatic nitrogens is 2. The van der Waals surface area contributed by atoms with Crippen molar-refractivity contribution in [3.8, 4) is 16.9 Å². The molecule has 42 heavy (non-hydrogen) atoms. The predicted octanol–water partition coefficient (Wildman–Crippen LogP) is 7.25. The van der Waals surface area contributed by atoms with Crippen molar-refractivity contribution in [2.24, 2.45) is 17.8 Å². The molecule has 1 unspecified atom stereocenters. The first-order valence-electron chi connectivity index (χ1n) is 14.4. The molecule has 3 atom stereocenters. The molecule has 3 aromatic rings. The first kappa shape index (κ1) is 29.2. The van der Waals surface area contributed by atoms with Crippen LogP contribution in [0.1, 0.15) is 47.1 Å². The number of piperidine rings is 1. The summed E-state index contributed by atoms with van der Waals surface area (Å²) >= 11 is 0. The summed E-state index contributed by atoms with van der Waals surface area (Å²) in [4.78, 5) is 33.1. The average Bonchev–Trinajstić information content (AvgIpc) is 3.23. The first-order chi connectivity index (χ1) is 19.7. The third kappa shape index (κ3) is 6.43. The minimum Gasteiger partial charge on any atom is -0.444 e. The fourth-order valence-electron chi connectivity index (χ4n) is 5.48. The Kier molecular flexibility index (Phi) is 7.52. The van der Waals surface area contributed by atoms with Crippen molar-refractivity contribution in [1.29, 1.82) is 0 Å². The van der Waals surface area contributed by atoms with Gasteiger partial charge in [-0.05, 0) is 78.4 Å². The van der Waals surface area contributed by atoms with Crippen LogP contribution in [0.2, 0.25) is 0 Å². The maximum absolute atomic E-state index is 13.6. The van der Waals surface area contributed by atoms with E-state index >= 15 is 0 Å². The Balaban J connectivity index is 1.45. The molecule has 0 spiro atoms. The number of rotatable bonds is 5. The monoisotopic (exact) mass is 569 g/mol. The third-order valence-electron chi connectivity index (χ3n) is 7.57. The number of anilines is 1. The normalized spacial score (nSPS) is 19.6. The topological polar surface area (TPSA) is 81.3 Å². The van der Waals surface area contributed by atoms with Gasteiger partial charge in [0, 0.05) is 31.3 Å². The van der Waals surface area contributed by atoms with E-state index < -0.39 is 17.3 Å². The molecule has 1 saturated heterocycles. The number of carbonyl (C=O) groups is 2. The summed E-state index contributed by atoms with van der Waals surface area (Å²) in [5, 5.41) is 4.92. The molecule has 1 aliphatic heterocycles. The molecular formula is C33H39N5O4. The molecule has 5 rings (SSSR count). The second-order valence-corrected chi connectivity index (χ2v) is 13.3. The molecular weight excluding hydrogens is 530 g/mol. The molecule has 9 heteroatoms. The second-order valence-electron chi connectivity index (χ2n) is 13.3. The van der Waals surface area contributed by atoms with E-state index in [-0.39, 0.29) is 12.0 Å². The number of carbonyl (C=O) groups excluding carboxylic acids is 2. The summed E-state index contributed by atoms with van der Waals surface area (Å²) in [6.45, 7) is 22.2. The van der Waals surface area contributed by atoms with Crippen molar-refractivity contribution in [1.82, 2.24) is 14.7 Å². The summed E-state index contributed by atoms with van der Waals surface area (Å²) < 4.78 is 13.2. The molecule has 0 bridgehead atoms. The van der Waals surface area contributed by atoms with Crippen LogP contribution in [0.15, 0.2) is 54.6 Å². The van der Waals surface area contributed by atoms with Crippen molar-refractivity contribution in [2.45, 2.75) is 59.7 Å². The minimum atomic E-state index is -0.680. The van der Waals surface area contributed by atoms with Gasteiger partial charge in [-0.2, -0.15) is 0 Å². The quantitative estimate of drug-likeness (QED) is 0.302. The number of aryl methyl sites for hydroxylation is 1. The number of likely N-dealkylation sites (tertiary alicyclic amines) is 1. The number of ether oxygens (including phenoxy) is 2. The van der Waals surface area contributed by atoms with E-state index in [9.17, 15) is 9.59 Å². The number of benzene rings is 2. The van der Waals surface area contributed by atoms with Gasteiger partial charge >= 0.3 is 12.2 Å². The fourth-order valence-corrected chi connectivity index (χ4v) is 5.48. The Bertz CT molecular complexity index is 1490. The van der Waals surface area contributed by atoms with Crippen LogP contribution in [-0.2, 0) is 9.47 Å². The molecule has 2 aliphatic rings. The Morgan fingerprint density at radius 1 is 0.952 bits per heavy atom. The van der Waals surface area contributed by atoms with Gasteiger partial charge in [-0.1, -0.05) is 42.0 Å². The number of amides is 2. The maximum Gasteiger partial charge on any atom is 0.416 e. The van der Waals surface area contributed by atoms with Gasteiger partial charge in [0.25, 0.3) is 0 Å². The molecule has 1 aliphatic carbocycles. The zero-order valence-electron chi connectivity index (χ0n) is 25.4. The number of hydrogen-bond acceptors (Lipinski definition) is 5. The Morgan fingerprint density at radius 3 is 2.10 bits per heavy atom. The van der Waals surface area contributed by atoms with E-state index in [4.69, 9.17) is 21.1 Å². The minimum absolute atomic E-state index is 0.224. The maximum atomic E-state index is 13.6. The summed E-state index contributed by atoms with van der Waals surface area (Å²) in [7, 11) is 0. The van der Waals surface area contributed by atoms with E-state index in [2.05, 4.69) is 4.85 Å². The lowest BCUT2D eigenvalue weighted by Crippen LogP contribution is -2.41. The van der Waals surface area contributed by atoms with Gasteiger partial charge < -0.3 is 14.4 Å². The van der Waals surface area contributed by atoms with Crippen LogP contribution in [0.3, 0.4) is 0 Å². The van der Waals surface area contributed by atoms with Gasteiger partial charge in [0.1, 0.15) is 11.2 Å². The number of nitrogens with zero attached hydrogens (tertiary/aromatic N) is 5. The largest absolute Gasteiger partial charge is 0.444 e. The van der Waals surface area contributed by atoms with Crippen LogP contribution in [-0.4, -0.2) is 57.7 Å². The molecule has 2 fully saturated rings.